The lowest BCUT2D eigenvalue weighted by atomic mass is 10.0. The smallest absolute Gasteiger partial charge is 0.341 e. The van der Waals surface area contributed by atoms with Crippen molar-refractivity contribution >= 4 is 35.1 Å². The Hall–Kier alpha value is -2.84. The SMILES string of the molecule is COC(=O)c1cn([C@H](CC(=O)O)c2ccc(Cl)cc2Cl)cc2c(=O)[nH]nc1-2. The number of hydrogen-bond donors (Lipinski definition) is 2. The van der Waals surface area contributed by atoms with Crippen LogP contribution < -0.4 is 5.56 Å². The number of fused-ring (bicyclic) bond motifs is 1. The van der Waals surface area contributed by atoms with Gasteiger partial charge < -0.3 is 14.4 Å². The van der Waals surface area contributed by atoms with Crippen LogP contribution in [0.15, 0.2) is 35.4 Å². The second-order valence-corrected chi connectivity index (χ2v) is 6.55. The molecule has 2 aliphatic rings. The number of nitrogens with zero attached hydrogens (tertiary/aromatic N) is 2. The lowest BCUT2D eigenvalue weighted by Gasteiger charge is -2.22. The number of carbonyl (C=O) groups excluding carboxylic acids is 1. The van der Waals surface area contributed by atoms with E-state index in [9.17, 15) is 19.5 Å². The Morgan fingerprint density at radius 3 is 2.70 bits per heavy atom. The first-order valence-corrected chi connectivity index (χ1v) is 8.42. The van der Waals surface area contributed by atoms with Crippen LogP contribution in [0.1, 0.15) is 28.4 Å². The van der Waals surface area contributed by atoms with Crippen molar-refractivity contribution in [1.82, 2.24) is 14.8 Å². The first-order chi connectivity index (χ1) is 12.8. The zero-order chi connectivity index (χ0) is 19.7. The van der Waals surface area contributed by atoms with E-state index in [1.807, 2.05) is 0 Å². The van der Waals surface area contributed by atoms with Gasteiger partial charge in [-0.25, -0.2) is 9.89 Å². The molecule has 0 aromatic heterocycles. The summed E-state index contributed by atoms with van der Waals surface area (Å²) in [5.74, 6) is -1.80. The maximum atomic E-state index is 12.1. The second kappa shape index (κ2) is 7.42. The number of aromatic amines is 1. The van der Waals surface area contributed by atoms with Crippen LogP contribution in [0.4, 0.5) is 0 Å². The number of carbonyl (C=O) groups is 2. The van der Waals surface area contributed by atoms with E-state index in [4.69, 9.17) is 27.9 Å². The molecule has 0 saturated carbocycles. The van der Waals surface area contributed by atoms with Gasteiger partial charge in [0.2, 0.25) is 0 Å². The van der Waals surface area contributed by atoms with Crippen molar-refractivity contribution in [2.45, 2.75) is 12.5 Å². The lowest BCUT2D eigenvalue weighted by molar-refractivity contribution is -0.137. The first kappa shape index (κ1) is 18.9. The molecule has 2 N–H and O–H groups in total. The fourth-order valence-electron chi connectivity index (χ4n) is 2.81. The number of pyridine rings is 1. The molecule has 10 heteroatoms. The van der Waals surface area contributed by atoms with Crippen molar-refractivity contribution in [3.05, 3.63) is 62.1 Å². The molecule has 3 rings (SSSR count). The number of aromatic nitrogens is 3. The third-order valence-electron chi connectivity index (χ3n) is 4.04. The standard InChI is InChI=1S/C17H13Cl2N3O5/c1-27-17(26)11-7-22(6-10-15(11)20-21-16(10)25)13(5-14(23)24)9-3-2-8(18)4-12(9)19/h2-4,6-7,13H,5H2,1H3,(H,21,25)(H,23,24)/t13-/m1/s1. The molecular weight excluding hydrogens is 397 g/mol. The highest BCUT2D eigenvalue weighted by Crippen LogP contribution is 2.33. The van der Waals surface area contributed by atoms with Gasteiger partial charge in [-0.05, 0) is 17.7 Å². The number of halogens is 2. The molecule has 2 heterocycles. The average Bonchev–Trinajstić information content (AvgIpc) is 2.99. The van der Waals surface area contributed by atoms with E-state index in [1.165, 1.54) is 30.1 Å². The molecule has 0 amide bonds. The van der Waals surface area contributed by atoms with Gasteiger partial charge in [-0.1, -0.05) is 29.3 Å². The van der Waals surface area contributed by atoms with E-state index >= 15 is 0 Å². The van der Waals surface area contributed by atoms with Crippen molar-refractivity contribution in [1.29, 1.82) is 0 Å². The van der Waals surface area contributed by atoms with Gasteiger partial charge in [-0.2, -0.15) is 5.10 Å². The number of nitrogens with one attached hydrogen (secondary N) is 1. The van der Waals surface area contributed by atoms with Crippen LogP contribution in [0.3, 0.4) is 0 Å². The summed E-state index contributed by atoms with van der Waals surface area (Å²) < 4.78 is 6.19. The Bertz CT molecular complexity index is 1060. The van der Waals surface area contributed by atoms with E-state index in [-0.39, 0.29) is 28.3 Å². The van der Waals surface area contributed by atoms with E-state index in [2.05, 4.69) is 10.2 Å². The Morgan fingerprint density at radius 2 is 2.07 bits per heavy atom. The van der Waals surface area contributed by atoms with Gasteiger partial charge in [-0.15, -0.1) is 0 Å². The summed E-state index contributed by atoms with van der Waals surface area (Å²) in [4.78, 5) is 35.6. The molecule has 140 valence electrons. The van der Waals surface area contributed by atoms with E-state index < -0.39 is 23.5 Å². The Morgan fingerprint density at radius 1 is 1.33 bits per heavy atom. The predicted molar refractivity (Wildman–Crippen MR) is 97.7 cm³/mol. The van der Waals surface area contributed by atoms with Gasteiger partial charge in [0.1, 0.15) is 11.3 Å². The van der Waals surface area contributed by atoms with E-state index in [0.29, 0.717) is 10.6 Å². The van der Waals surface area contributed by atoms with Crippen molar-refractivity contribution in [2.24, 2.45) is 0 Å². The van der Waals surface area contributed by atoms with Crippen molar-refractivity contribution in [3.63, 3.8) is 0 Å². The summed E-state index contributed by atoms with van der Waals surface area (Å²) in [5.41, 5.74) is 0.243. The summed E-state index contributed by atoms with van der Waals surface area (Å²) in [6.45, 7) is 0. The molecule has 0 saturated heterocycles. The molecular formula is C17H13Cl2N3O5. The number of aliphatic carboxylic acids is 1. The first-order valence-electron chi connectivity index (χ1n) is 7.66. The molecule has 0 fully saturated rings. The third-order valence-corrected chi connectivity index (χ3v) is 4.60. The fourth-order valence-corrected chi connectivity index (χ4v) is 3.34. The minimum atomic E-state index is -1.09. The molecule has 1 atom stereocenters. The van der Waals surface area contributed by atoms with Gasteiger partial charge in [0, 0.05) is 22.4 Å². The predicted octanol–water partition coefficient (Wildman–Crippen LogP) is 2.83. The average molecular weight is 410 g/mol. The normalized spacial score (nSPS) is 12.1. The number of carboxylic acids is 1. The van der Waals surface area contributed by atoms with Crippen molar-refractivity contribution < 1.29 is 19.4 Å². The zero-order valence-corrected chi connectivity index (χ0v) is 15.4. The Kier molecular flexibility index (Phi) is 5.20. The number of H-pyrrole nitrogens is 1. The highest BCUT2D eigenvalue weighted by atomic mass is 35.5. The maximum absolute atomic E-state index is 12.1. The maximum Gasteiger partial charge on any atom is 0.341 e. The number of esters is 1. The van der Waals surface area contributed by atoms with E-state index in [0.717, 1.165) is 0 Å². The number of rotatable bonds is 5. The zero-order valence-electron chi connectivity index (χ0n) is 13.9. The summed E-state index contributed by atoms with van der Waals surface area (Å²) in [7, 11) is 1.20. The largest absolute Gasteiger partial charge is 0.481 e. The molecule has 1 aromatic rings. The minimum absolute atomic E-state index is 0.0221. The number of benzene rings is 1. The Balaban J connectivity index is 2.25. The van der Waals surface area contributed by atoms with Crippen LogP contribution in [0.2, 0.25) is 10.0 Å². The van der Waals surface area contributed by atoms with E-state index in [1.54, 1.807) is 12.1 Å². The molecule has 0 bridgehead atoms. The third kappa shape index (κ3) is 3.67. The Labute approximate surface area is 162 Å². The van der Waals surface area contributed by atoms with Crippen LogP contribution in [0, 0.1) is 0 Å². The molecule has 8 nitrogen and oxygen atoms in total. The van der Waals surface area contributed by atoms with Gasteiger partial charge in [0.25, 0.3) is 5.56 Å². The van der Waals surface area contributed by atoms with Crippen LogP contribution in [-0.2, 0) is 9.53 Å². The van der Waals surface area contributed by atoms with Gasteiger partial charge in [-0.3, -0.25) is 9.59 Å². The summed E-state index contributed by atoms with van der Waals surface area (Å²) >= 11 is 12.2. The molecule has 27 heavy (non-hydrogen) atoms. The summed E-state index contributed by atoms with van der Waals surface area (Å²) in [6, 6.07) is 3.87. The minimum Gasteiger partial charge on any atom is -0.481 e. The van der Waals surface area contributed by atoms with Crippen LogP contribution in [-0.4, -0.2) is 38.9 Å². The summed E-state index contributed by atoms with van der Waals surface area (Å²) in [5, 5.41) is 16.1. The molecule has 1 aromatic carbocycles. The monoisotopic (exact) mass is 409 g/mol. The van der Waals surface area contributed by atoms with Crippen LogP contribution >= 0.6 is 23.2 Å². The topological polar surface area (TPSA) is 114 Å². The summed E-state index contributed by atoms with van der Waals surface area (Å²) in [6.07, 6.45) is 2.46. The lowest BCUT2D eigenvalue weighted by Crippen LogP contribution is -2.19. The molecule has 0 spiro atoms. The molecule has 0 unspecified atom stereocenters. The number of methoxy groups -OCH3 is 1. The van der Waals surface area contributed by atoms with Crippen molar-refractivity contribution in [3.8, 4) is 11.3 Å². The quantitative estimate of drug-likeness (QED) is 0.626. The highest BCUT2D eigenvalue weighted by molar-refractivity contribution is 6.35. The second-order valence-electron chi connectivity index (χ2n) is 5.71. The van der Waals surface area contributed by atoms with Gasteiger partial charge in [0.05, 0.1) is 25.1 Å². The van der Waals surface area contributed by atoms with Crippen molar-refractivity contribution in [2.75, 3.05) is 7.11 Å². The number of carboxylic acid groups (broad SMARTS) is 1. The molecule has 0 aliphatic carbocycles. The number of hydrogen-bond acceptors (Lipinski definition) is 5. The fraction of sp³-hybridized carbons (Fsp3) is 0.176. The molecule has 0 radical (unpaired) electrons. The van der Waals surface area contributed by atoms with Gasteiger partial charge in [0.15, 0.2) is 0 Å². The van der Waals surface area contributed by atoms with Gasteiger partial charge >= 0.3 is 11.9 Å². The van der Waals surface area contributed by atoms with Crippen LogP contribution in [0.25, 0.3) is 11.3 Å². The van der Waals surface area contributed by atoms with Crippen LogP contribution in [0.5, 0.6) is 0 Å². The number of ether oxygens (including phenoxy) is 1. The highest BCUT2D eigenvalue weighted by Gasteiger charge is 2.26. The molecule has 2 aliphatic heterocycles.